The maximum Gasteiger partial charge on any atom is 0.279 e. The van der Waals surface area contributed by atoms with E-state index in [2.05, 4.69) is 17.4 Å². The maximum atomic E-state index is 12.5. The van der Waals surface area contributed by atoms with Gasteiger partial charge in [0.15, 0.2) is 6.54 Å². The molecule has 0 radical (unpaired) electrons. The third-order valence-electron chi connectivity index (χ3n) is 4.61. The van der Waals surface area contributed by atoms with E-state index in [1.807, 2.05) is 31.2 Å². The summed E-state index contributed by atoms with van der Waals surface area (Å²) in [6.45, 7) is 3.27. The number of halogens is 1. The number of amides is 1. The standard InChI is InChI=1S/C20H23ClN2O2/c1-14-3-6-16(21)11-19(14)22-20(24)13-23(17-7-8-17)12-15-4-9-18(25-2)10-5-15/h3-6,9-11,17H,7-8,12-13H2,1-2H3,(H,22,24)/p+1. The SMILES string of the molecule is COc1ccc(C[NH+](CC(=O)Nc2cc(Cl)ccc2C)C2CC2)cc1. The van der Waals surface area contributed by atoms with Crippen molar-refractivity contribution in [3.8, 4) is 5.75 Å². The molecule has 3 rings (SSSR count). The van der Waals surface area contributed by atoms with Crippen molar-refractivity contribution in [2.75, 3.05) is 19.0 Å². The molecular weight excluding hydrogens is 336 g/mol. The van der Waals surface area contributed by atoms with Crippen molar-refractivity contribution in [1.82, 2.24) is 0 Å². The molecule has 1 atom stereocenters. The number of aryl methyl sites for hydroxylation is 1. The van der Waals surface area contributed by atoms with Crippen LogP contribution in [0.2, 0.25) is 5.02 Å². The fourth-order valence-electron chi connectivity index (χ4n) is 2.98. The lowest BCUT2D eigenvalue weighted by molar-refractivity contribution is -0.916. The largest absolute Gasteiger partial charge is 0.497 e. The van der Waals surface area contributed by atoms with Gasteiger partial charge in [0, 0.05) is 29.1 Å². The van der Waals surface area contributed by atoms with Crippen molar-refractivity contribution >= 4 is 23.2 Å². The van der Waals surface area contributed by atoms with Crippen LogP contribution in [0.5, 0.6) is 5.75 Å². The Morgan fingerprint density at radius 1 is 1.24 bits per heavy atom. The molecule has 0 heterocycles. The van der Waals surface area contributed by atoms with E-state index < -0.39 is 0 Å². The minimum atomic E-state index is 0.0285. The maximum absolute atomic E-state index is 12.5. The summed E-state index contributed by atoms with van der Waals surface area (Å²) in [6.07, 6.45) is 2.38. The second-order valence-corrected chi connectivity index (χ2v) is 7.08. The minimum Gasteiger partial charge on any atom is -0.497 e. The van der Waals surface area contributed by atoms with Crippen molar-refractivity contribution in [2.24, 2.45) is 0 Å². The molecule has 4 nitrogen and oxygen atoms in total. The summed E-state index contributed by atoms with van der Waals surface area (Å²) >= 11 is 6.03. The smallest absolute Gasteiger partial charge is 0.279 e. The number of methoxy groups -OCH3 is 1. The first kappa shape index (κ1) is 17.8. The molecule has 5 heteroatoms. The Balaban J connectivity index is 1.63. The number of carbonyl (C=O) groups is 1. The fourth-order valence-corrected chi connectivity index (χ4v) is 3.15. The highest BCUT2D eigenvalue weighted by atomic mass is 35.5. The minimum absolute atomic E-state index is 0.0285. The van der Waals surface area contributed by atoms with Crippen LogP contribution in [-0.2, 0) is 11.3 Å². The van der Waals surface area contributed by atoms with Crippen LogP contribution >= 0.6 is 11.6 Å². The fraction of sp³-hybridized carbons (Fsp3) is 0.350. The van der Waals surface area contributed by atoms with Gasteiger partial charge in [-0.2, -0.15) is 0 Å². The Kier molecular flexibility index (Phi) is 5.61. The van der Waals surface area contributed by atoms with Crippen LogP contribution in [0, 0.1) is 6.92 Å². The van der Waals surface area contributed by atoms with Gasteiger partial charge in [0.25, 0.3) is 5.91 Å². The molecule has 0 bridgehead atoms. The Hall–Kier alpha value is -2.04. The van der Waals surface area contributed by atoms with E-state index in [9.17, 15) is 4.79 Å². The third kappa shape index (κ3) is 4.97. The van der Waals surface area contributed by atoms with Crippen LogP contribution in [-0.4, -0.2) is 25.6 Å². The molecule has 25 heavy (non-hydrogen) atoms. The summed E-state index contributed by atoms with van der Waals surface area (Å²) in [6, 6.07) is 14.2. The van der Waals surface area contributed by atoms with E-state index in [-0.39, 0.29) is 5.91 Å². The average molecular weight is 360 g/mol. The molecule has 1 unspecified atom stereocenters. The summed E-state index contributed by atoms with van der Waals surface area (Å²) in [5.74, 6) is 0.881. The van der Waals surface area contributed by atoms with E-state index in [0.29, 0.717) is 17.6 Å². The first-order valence-corrected chi connectivity index (χ1v) is 8.96. The summed E-state index contributed by atoms with van der Waals surface area (Å²) in [7, 11) is 1.67. The highest BCUT2D eigenvalue weighted by molar-refractivity contribution is 6.31. The molecule has 2 N–H and O–H groups in total. The van der Waals surface area contributed by atoms with Gasteiger partial charge in [-0.3, -0.25) is 4.79 Å². The quantitative estimate of drug-likeness (QED) is 0.798. The second-order valence-electron chi connectivity index (χ2n) is 6.64. The van der Waals surface area contributed by atoms with Crippen molar-refractivity contribution < 1.29 is 14.4 Å². The van der Waals surface area contributed by atoms with Gasteiger partial charge in [0.2, 0.25) is 0 Å². The Morgan fingerprint density at radius 3 is 2.60 bits per heavy atom. The van der Waals surface area contributed by atoms with E-state index in [4.69, 9.17) is 16.3 Å². The first-order valence-electron chi connectivity index (χ1n) is 8.58. The number of hydrogen-bond acceptors (Lipinski definition) is 2. The number of ether oxygens (including phenoxy) is 1. The van der Waals surface area contributed by atoms with Gasteiger partial charge >= 0.3 is 0 Å². The molecule has 2 aromatic rings. The summed E-state index contributed by atoms with van der Waals surface area (Å²) in [5, 5.41) is 3.63. The van der Waals surface area contributed by atoms with Crippen molar-refractivity contribution in [2.45, 2.75) is 32.4 Å². The van der Waals surface area contributed by atoms with Gasteiger partial charge in [0.05, 0.1) is 13.2 Å². The molecule has 1 aliphatic rings. The molecule has 0 spiro atoms. The molecule has 2 aromatic carbocycles. The van der Waals surface area contributed by atoms with Crippen molar-refractivity contribution in [3.63, 3.8) is 0 Å². The summed E-state index contributed by atoms with van der Waals surface area (Å²) in [4.78, 5) is 13.8. The molecule has 0 aromatic heterocycles. The number of benzene rings is 2. The number of rotatable bonds is 7. The van der Waals surface area contributed by atoms with Gasteiger partial charge in [-0.15, -0.1) is 0 Å². The van der Waals surface area contributed by atoms with E-state index in [1.165, 1.54) is 23.3 Å². The van der Waals surface area contributed by atoms with Gasteiger partial charge in [-0.1, -0.05) is 17.7 Å². The van der Waals surface area contributed by atoms with E-state index in [0.717, 1.165) is 23.5 Å². The van der Waals surface area contributed by atoms with E-state index in [1.54, 1.807) is 13.2 Å². The molecular formula is C20H24ClN2O2+. The van der Waals surface area contributed by atoms with Crippen molar-refractivity contribution in [3.05, 3.63) is 58.6 Å². The molecule has 0 aliphatic heterocycles. The number of anilines is 1. The second kappa shape index (κ2) is 7.89. The Morgan fingerprint density at radius 2 is 1.96 bits per heavy atom. The lowest BCUT2D eigenvalue weighted by Gasteiger charge is -2.19. The van der Waals surface area contributed by atoms with E-state index >= 15 is 0 Å². The molecule has 1 aliphatic carbocycles. The molecule has 1 fully saturated rings. The number of carbonyl (C=O) groups excluding carboxylic acids is 1. The van der Waals surface area contributed by atoms with Crippen LogP contribution in [0.15, 0.2) is 42.5 Å². The average Bonchev–Trinajstić information content (AvgIpc) is 3.43. The predicted octanol–water partition coefficient (Wildman–Crippen LogP) is 2.84. The topological polar surface area (TPSA) is 42.8 Å². The van der Waals surface area contributed by atoms with Crippen LogP contribution in [0.3, 0.4) is 0 Å². The van der Waals surface area contributed by atoms with Crippen LogP contribution < -0.4 is 15.0 Å². The van der Waals surface area contributed by atoms with Crippen LogP contribution in [0.1, 0.15) is 24.0 Å². The van der Waals surface area contributed by atoms with Gasteiger partial charge in [-0.25, -0.2) is 0 Å². The zero-order valence-electron chi connectivity index (χ0n) is 14.6. The Bertz CT molecular complexity index is 742. The van der Waals surface area contributed by atoms with Crippen molar-refractivity contribution in [1.29, 1.82) is 0 Å². The molecule has 1 saturated carbocycles. The third-order valence-corrected chi connectivity index (χ3v) is 4.84. The highest BCUT2D eigenvalue weighted by Crippen LogP contribution is 2.20. The molecule has 132 valence electrons. The Labute approximate surface area is 153 Å². The number of quaternary nitrogens is 1. The van der Waals surface area contributed by atoms with Crippen LogP contribution in [0.25, 0.3) is 0 Å². The predicted molar refractivity (Wildman–Crippen MR) is 100 cm³/mol. The first-order chi connectivity index (χ1) is 12.0. The van der Waals surface area contributed by atoms with Gasteiger partial charge in [0.1, 0.15) is 12.3 Å². The molecule has 1 amide bonds. The lowest BCUT2D eigenvalue weighted by Crippen LogP contribution is -3.13. The highest BCUT2D eigenvalue weighted by Gasteiger charge is 2.34. The van der Waals surface area contributed by atoms with Gasteiger partial charge in [-0.05, 0) is 48.9 Å². The number of hydrogen-bond donors (Lipinski definition) is 2. The zero-order chi connectivity index (χ0) is 17.8. The number of nitrogens with one attached hydrogen (secondary N) is 2. The van der Waals surface area contributed by atoms with Crippen LogP contribution in [0.4, 0.5) is 5.69 Å². The van der Waals surface area contributed by atoms with Gasteiger partial charge < -0.3 is 15.0 Å². The zero-order valence-corrected chi connectivity index (χ0v) is 15.4. The lowest BCUT2D eigenvalue weighted by atomic mass is 10.2. The molecule has 0 saturated heterocycles. The summed E-state index contributed by atoms with van der Waals surface area (Å²) < 4.78 is 5.20. The summed E-state index contributed by atoms with van der Waals surface area (Å²) in [5.41, 5.74) is 3.02. The monoisotopic (exact) mass is 359 g/mol. The normalized spacial score (nSPS) is 14.8.